The first kappa shape index (κ1) is 15.0. The van der Waals surface area contributed by atoms with Crippen molar-refractivity contribution >= 4 is 5.97 Å². The number of hydrogen-bond donors (Lipinski definition) is 0. The molecule has 0 bridgehead atoms. The van der Waals surface area contributed by atoms with E-state index in [0.717, 1.165) is 5.56 Å². The van der Waals surface area contributed by atoms with Crippen LogP contribution in [0.4, 0.5) is 4.39 Å². The van der Waals surface area contributed by atoms with Crippen LogP contribution in [0.3, 0.4) is 0 Å². The van der Waals surface area contributed by atoms with Gasteiger partial charge in [0.25, 0.3) is 0 Å². The van der Waals surface area contributed by atoms with E-state index in [0.29, 0.717) is 5.56 Å². The molecular formula is C16H16FNO3. The molecule has 0 amide bonds. The Morgan fingerprint density at radius 2 is 2.00 bits per heavy atom. The van der Waals surface area contributed by atoms with E-state index >= 15 is 0 Å². The zero-order valence-electron chi connectivity index (χ0n) is 12.1. The summed E-state index contributed by atoms with van der Waals surface area (Å²) in [5, 5.41) is 0. The van der Waals surface area contributed by atoms with Gasteiger partial charge in [-0.3, -0.25) is 4.79 Å². The Balaban J connectivity index is 2.20. The smallest absolute Gasteiger partial charge is 0.340 e. The number of rotatable bonds is 3. The average Bonchev–Trinajstić information content (AvgIpc) is 2.44. The van der Waals surface area contributed by atoms with Crippen molar-refractivity contribution in [2.24, 2.45) is 7.05 Å². The number of aryl methyl sites for hydroxylation is 2. The van der Waals surface area contributed by atoms with Crippen molar-refractivity contribution in [1.82, 2.24) is 4.57 Å². The lowest BCUT2D eigenvalue weighted by Gasteiger charge is -2.15. The molecule has 0 aliphatic carbocycles. The molecule has 4 nitrogen and oxygen atoms in total. The summed E-state index contributed by atoms with van der Waals surface area (Å²) in [6.45, 7) is 3.45. The largest absolute Gasteiger partial charge is 0.454 e. The van der Waals surface area contributed by atoms with Gasteiger partial charge >= 0.3 is 5.97 Å². The van der Waals surface area contributed by atoms with Crippen LogP contribution in [0.1, 0.15) is 34.5 Å². The molecule has 110 valence electrons. The van der Waals surface area contributed by atoms with Gasteiger partial charge in [-0.25, -0.2) is 9.18 Å². The van der Waals surface area contributed by atoms with Crippen LogP contribution in [0, 0.1) is 12.7 Å². The van der Waals surface area contributed by atoms with E-state index in [2.05, 4.69) is 0 Å². The second-order valence-corrected chi connectivity index (χ2v) is 4.94. The minimum absolute atomic E-state index is 0.218. The highest BCUT2D eigenvalue weighted by Gasteiger charge is 2.17. The van der Waals surface area contributed by atoms with Gasteiger partial charge in [0, 0.05) is 24.9 Å². The molecule has 0 spiro atoms. The molecule has 0 aliphatic rings. The first-order valence-corrected chi connectivity index (χ1v) is 6.52. The summed E-state index contributed by atoms with van der Waals surface area (Å²) in [5.74, 6) is -1.01. The zero-order valence-corrected chi connectivity index (χ0v) is 12.1. The van der Waals surface area contributed by atoms with Crippen molar-refractivity contribution in [1.29, 1.82) is 0 Å². The van der Waals surface area contributed by atoms with Gasteiger partial charge in [-0.2, -0.15) is 0 Å². The van der Waals surface area contributed by atoms with Gasteiger partial charge in [0.15, 0.2) is 0 Å². The second kappa shape index (κ2) is 5.91. The number of carbonyl (C=O) groups excluding carboxylic acids is 1. The Labute approximate surface area is 121 Å². The fourth-order valence-electron chi connectivity index (χ4n) is 1.98. The summed E-state index contributed by atoms with van der Waals surface area (Å²) < 4.78 is 20.3. The number of benzene rings is 1. The van der Waals surface area contributed by atoms with Crippen molar-refractivity contribution in [2.75, 3.05) is 0 Å². The summed E-state index contributed by atoms with van der Waals surface area (Å²) in [7, 11) is 1.54. The highest BCUT2D eigenvalue weighted by Crippen LogP contribution is 2.22. The molecular weight excluding hydrogens is 273 g/mol. The van der Waals surface area contributed by atoms with Gasteiger partial charge in [-0.15, -0.1) is 0 Å². The van der Waals surface area contributed by atoms with Gasteiger partial charge in [-0.05, 0) is 32.0 Å². The molecule has 0 saturated heterocycles. The maximum absolute atomic E-state index is 13.8. The van der Waals surface area contributed by atoms with Crippen LogP contribution in [-0.2, 0) is 11.8 Å². The van der Waals surface area contributed by atoms with Gasteiger partial charge in [0.1, 0.15) is 11.9 Å². The molecule has 1 heterocycles. The Morgan fingerprint density at radius 3 is 2.67 bits per heavy atom. The number of aromatic nitrogens is 1. The molecule has 21 heavy (non-hydrogen) atoms. The third-order valence-electron chi connectivity index (χ3n) is 3.19. The molecule has 1 aromatic carbocycles. The Bertz CT molecular complexity index is 737. The fraction of sp³-hybridized carbons (Fsp3) is 0.250. The number of carbonyl (C=O) groups is 1. The quantitative estimate of drug-likeness (QED) is 0.816. The summed E-state index contributed by atoms with van der Waals surface area (Å²) >= 11 is 0. The minimum Gasteiger partial charge on any atom is -0.454 e. The van der Waals surface area contributed by atoms with Crippen molar-refractivity contribution in [2.45, 2.75) is 20.0 Å². The Kier molecular flexibility index (Phi) is 4.21. The third-order valence-corrected chi connectivity index (χ3v) is 3.19. The molecule has 1 aromatic heterocycles. The summed E-state index contributed by atoms with van der Waals surface area (Å²) in [4.78, 5) is 23.3. The number of ether oxygens (including phenoxy) is 1. The predicted molar refractivity (Wildman–Crippen MR) is 76.7 cm³/mol. The summed E-state index contributed by atoms with van der Waals surface area (Å²) in [6.07, 6.45) is 0.680. The normalized spacial score (nSPS) is 12.0. The first-order chi connectivity index (χ1) is 9.88. The molecule has 0 aliphatic heterocycles. The van der Waals surface area contributed by atoms with E-state index in [4.69, 9.17) is 4.74 Å². The van der Waals surface area contributed by atoms with E-state index in [1.54, 1.807) is 26.1 Å². The molecule has 0 saturated carbocycles. The van der Waals surface area contributed by atoms with Crippen LogP contribution in [0.2, 0.25) is 0 Å². The lowest BCUT2D eigenvalue weighted by Crippen LogP contribution is -2.18. The fourth-order valence-corrected chi connectivity index (χ4v) is 1.98. The molecule has 0 fully saturated rings. The molecule has 1 atom stereocenters. The topological polar surface area (TPSA) is 48.3 Å². The van der Waals surface area contributed by atoms with E-state index in [-0.39, 0.29) is 11.1 Å². The molecule has 2 aromatic rings. The molecule has 0 N–H and O–H groups in total. The lowest BCUT2D eigenvalue weighted by molar-refractivity contribution is 0.0330. The van der Waals surface area contributed by atoms with Gasteiger partial charge in [-0.1, -0.05) is 11.6 Å². The minimum atomic E-state index is -0.713. The van der Waals surface area contributed by atoms with Crippen molar-refractivity contribution in [3.63, 3.8) is 0 Å². The molecule has 2 rings (SSSR count). The lowest BCUT2D eigenvalue weighted by atomic mass is 10.1. The number of nitrogens with zero attached hydrogens (tertiary/aromatic N) is 1. The van der Waals surface area contributed by atoms with Crippen LogP contribution >= 0.6 is 0 Å². The number of hydrogen-bond acceptors (Lipinski definition) is 3. The van der Waals surface area contributed by atoms with Crippen molar-refractivity contribution in [3.8, 4) is 0 Å². The van der Waals surface area contributed by atoms with Crippen LogP contribution in [0.5, 0.6) is 0 Å². The Hall–Kier alpha value is -2.43. The van der Waals surface area contributed by atoms with Crippen LogP contribution in [-0.4, -0.2) is 10.5 Å². The maximum atomic E-state index is 13.8. The SMILES string of the molecule is Cc1ccc(F)c([C@@H](C)OC(=O)c2ccc(=O)n(C)c2)c1. The molecule has 0 radical (unpaired) electrons. The molecule has 5 heteroatoms. The van der Waals surface area contributed by atoms with E-state index in [1.165, 1.54) is 29.0 Å². The van der Waals surface area contributed by atoms with Crippen molar-refractivity contribution in [3.05, 3.63) is 69.4 Å². The molecule has 0 unspecified atom stereocenters. The van der Waals surface area contributed by atoms with Gasteiger partial charge in [0.05, 0.1) is 5.56 Å². The van der Waals surface area contributed by atoms with Crippen LogP contribution in [0.25, 0.3) is 0 Å². The van der Waals surface area contributed by atoms with Gasteiger partial charge < -0.3 is 9.30 Å². The van der Waals surface area contributed by atoms with Gasteiger partial charge in [0.2, 0.25) is 5.56 Å². The number of halogens is 1. The van der Waals surface area contributed by atoms with Crippen LogP contribution in [0.15, 0.2) is 41.3 Å². The van der Waals surface area contributed by atoms with E-state index in [1.807, 2.05) is 6.92 Å². The highest BCUT2D eigenvalue weighted by atomic mass is 19.1. The zero-order chi connectivity index (χ0) is 15.6. The van der Waals surface area contributed by atoms with E-state index in [9.17, 15) is 14.0 Å². The average molecular weight is 289 g/mol. The highest BCUT2D eigenvalue weighted by molar-refractivity contribution is 5.89. The maximum Gasteiger partial charge on any atom is 0.340 e. The first-order valence-electron chi connectivity index (χ1n) is 6.52. The third kappa shape index (κ3) is 3.37. The van der Waals surface area contributed by atoms with Crippen LogP contribution < -0.4 is 5.56 Å². The number of pyridine rings is 1. The second-order valence-electron chi connectivity index (χ2n) is 4.94. The predicted octanol–water partition coefficient (Wildman–Crippen LogP) is 2.75. The Morgan fingerprint density at radius 1 is 1.29 bits per heavy atom. The van der Waals surface area contributed by atoms with Crippen molar-refractivity contribution < 1.29 is 13.9 Å². The standard InChI is InChI=1S/C16H16FNO3/c1-10-4-6-14(17)13(8-10)11(2)21-16(20)12-5-7-15(19)18(3)9-12/h4-9,11H,1-3H3/t11-/m1/s1. The monoisotopic (exact) mass is 289 g/mol. The summed E-state index contributed by atoms with van der Waals surface area (Å²) in [5.41, 5.74) is 1.24. The van der Waals surface area contributed by atoms with E-state index < -0.39 is 17.9 Å². The number of esters is 1. The summed E-state index contributed by atoms with van der Waals surface area (Å²) in [6, 6.07) is 7.33.